The van der Waals surface area contributed by atoms with Crippen LogP contribution >= 0.6 is 0 Å². The summed E-state index contributed by atoms with van der Waals surface area (Å²) in [5, 5.41) is 7.08. The van der Waals surface area contributed by atoms with E-state index in [9.17, 15) is 17.6 Å². The molecule has 32 heavy (non-hydrogen) atoms. The van der Waals surface area contributed by atoms with Crippen molar-refractivity contribution in [1.29, 1.82) is 0 Å². The lowest BCUT2D eigenvalue weighted by atomic mass is 9.98. The zero-order valence-electron chi connectivity index (χ0n) is 17.6. The summed E-state index contributed by atoms with van der Waals surface area (Å²) in [4.78, 5) is 16.8. The van der Waals surface area contributed by atoms with Crippen molar-refractivity contribution in [3.8, 4) is 5.69 Å². The second kappa shape index (κ2) is 9.17. The fourth-order valence-electron chi connectivity index (χ4n) is 3.80. The molecule has 10 heteroatoms. The van der Waals surface area contributed by atoms with Gasteiger partial charge >= 0.3 is 0 Å². The van der Waals surface area contributed by atoms with E-state index in [0.29, 0.717) is 19.4 Å². The van der Waals surface area contributed by atoms with Crippen molar-refractivity contribution >= 4 is 15.9 Å². The Hall–Kier alpha value is -3.11. The van der Waals surface area contributed by atoms with Crippen LogP contribution in [-0.2, 0) is 14.8 Å². The minimum atomic E-state index is -3.78. The fraction of sp³-hybridized carbons (Fsp3) is 0.318. The second-order valence-corrected chi connectivity index (χ2v) is 9.76. The Morgan fingerprint density at radius 2 is 1.88 bits per heavy atom. The molecule has 8 nitrogen and oxygen atoms in total. The molecule has 168 valence electrons. The van der Waals surface area contributed by atoms with Gasteiger partial charge in [0.2, 0.25) is 15.9 Å². The van der Waals surface area contributed by atoms with Crippen molar-refractivity contribution in [2.24, 2.45) is 5.92 Å². The number of hydrogen-bond acceptors (Lipinski definition) is 5. The smallest absolute Gasteiger partial charge is 0.243 e. The number of halogens is 1. The van der Waals surface area contributed by atoms with Crippen LogP contribution in [0.25, 0.3) is 5.69 Å². The Labute approximate surface area is 186 Å². The normalized spacial score (nSPS) is 18.2. The third kappa shape index (κ3) is 4.71. The number of carbonyl (C=O) groups is 1. The van der Waals surface area contributed by atoms with Crippen molar-refractivity contribution < 1.29 is 17.6 Å². The molecule has 0 radical (unpaired) electrons. The summed E-state index contributed by atoms with van der Waals surface area (Å²) in [6, 6.07) is 12.1. The minimum Gasteiger partial charge on any atom is -0.349 e. The van der Waals surface area contributed by atoms with E-state index in [-0.39, 0.29) is 23.4 Å². The van der Waals surface area contributed by atoms with Gasteiger partial charge in [0.1, 0.15) is 18.5 Å². The topological polar surface area (TPSA) is 97.2 Å². The first-order chi connectivity index (χ1) is 15.3. The molecule has 1 amide bonds. The standard InChI is InChI=1S/C22H24FN5O3S/c1-16(17-4-8-20(9-5-17)28-15-24-14-25-28)26-22(29)18-3-2-12-27(13-18)32(30,31)21-10-6-19(23)7-11-21/h4-11,14-16,18H,2-3,12-13H2,1H3,(H,26,29)/t16-,18-/m1/s1. The number of nitrogens with one attached hydrogen (secondary N) is 1. The van der Waals surface area contributed by atoms with Crippen LogP contribution in [0.4, 0.5) is 4.39 Å². The van der Waals surface area contributed by atoms with Gasteiger partial charge < -0.3 is 5.32 Å². The van der Waals surface area contributed by atoms with Gasteiger partial charge in [0.15, 0.2) is 0 Å². The summed E-state index contributed by atoms with van der Waals surface area (Å²) in [5.41, 5.74) is 1.78. The molecule has 1 aliphatic rings. The van der Waals surface area contributed by atoms with Gasteiger partial charge in [0.05, 0.1) is 22.5 Å². The maximum Gasteiger partial charge on any atom is 0.243 e. The fourth-order valence-corrected chi connectivity index (χ4v) is 5.33. The molecule has 1 aromatic heterocycles. The van der Waals surface area contributed by atoms with Gasteiger partial charge in [-0.1, -0.05) is 12.1 Å². The van der Waals surface area contributed by atoms with Crippen molar-refractivity contribution in [1.82, 2.24) is 24.4 Å². The first-order valence-electron chi connectivity index (χ1n) is 10.4. The lowest BCUT2D eigenvalue weighted by Gasteiger charge is -2.32. The second-order valence-electron chi connectivity index (χ2n) is 7.82. The molecule has 2 heterocycles. The predicted molar refractivity (Wildman–Crippen MR) is 116 cm³/mol. The average molecular weight is 458 g/mol. The zero-order chi connectivity index (χ0) is 22.7. The summed E-state index contributed by atoms with van der Waals surface area (Å²) in [5.74, 6) is -1.13. The highest BCUT2D eigenvalue weighted by molar-refractivity contribution is 7.89. The maximum atomic E-state index is 13.2. The van der Waals surface area contributed by atoms with Gasteiger partial charge in [-0.05, 0) is 61.7 Å². The molecule has 3 aromatic rings. The van der Waals surface area contributed by atoms with Crippen molar-refractivity contribution in [3.63, 3.8) is 0 Å². The zero-order valence-corrected chi connectivity index (χ0v) is 18.4. The number of aromatic nitrogens is 3. The van der Waals surface area contributed by atoms with Crippen LogP contribution in [0.5, 0.6) is 0 Å². The van der Waals surface area contributed by atoms with Gasteiger partial charge in [0.25, 0.3) is 0 Å². The molecule has 2 aromatic carbocycles. The van der Waals surface area contributed by atoms with E-state index >= 15 is 0 Å². The summed E-state index contributed by atoms with van der Waals surface area (Å²) in [6.07, 6.45) is 4.26. The number of nitrogens with zero attached hydrogens (tertiary/aromatic N) is 4. The molecular formula is C22H24FN5O3S. The van der Waals surface area contributed by atoms with Gasteiger partial charge in [-0.3, -0.25) is 4.79 Å². The monoisotopic (exact) mass is 457 g/mol. The van der Waals surface area contributed by atoms with Crippen molar-refractivity contribution in [3.05, 3.63) is 72.6 Å². The SMILES string of the molecule is C[C@@H](NC(=O)[C@@H]1CCCN(S(=O)(=O)c2ccc(F)cc2)C1)c1ccc(-n2cncn2)cc1. The highest BCUT2D eigenvalue weighted by Gasteiger charge is 2.33. The number of amides is 1. The summed E-state index contributed by atoms with van der Waals surface area (Å²) in [6.45, 7) is 2.32. The highest BCUT2D eigenvalue weighted by Crippen LogP contribution is 2.25. The molecule has 0 aliphatic carbocycles. The van der Waals surface area contributed by atoms with Crippen LogP contribution in [0.15, 0.2) is 66.1 Å². The average Bonchev–Trinajstić information content (AvgIpc) is 3.34. The molecule has 1 aliphatic heterocycles. The van der Waals surface area contributed by atoms with Crippen LogP contribution in [0, 0.1) is 11.7 Å². The molecule has 1 fully saturated rings. The lowest BCUT2D eigenvalue weighted by Crippen LogP contribution is -2.45. The first-order valence-corrected chi connectivity index (χ1v) is 11.8. The van der Waals surface area contributed by atoms with E-state index in [1.807, 2.05) is 31.2 Å². The number of benzene rings is 2. The molecule has 1 N–H and O–H groups in total. The predicted octanol–water partition coefficient (Wildman–Crippen LogP) is 2.68. The Morgan fingerprint density at radius 1 is 1.16 bits per heavy atom. The Morgan fingerprint density at radius 3 is 2.53 bits per heavy atom. The van der Waals surface area contributed by atoms with Crippen LogP contribution < -0.4 is 5.32 Å². The van der Waals surface area contributed by atoms with E-state index in [1.165, 1.54) is 22.8 Å². The Balaban J connectivity index is 1.40. The molecular weight excluding hydrogens is 433 g/mol. The van der Waals surface area contributed by atoms with Gasteiger partial charge in [-0.15, -0.1) is 0 Å². The van der Waals surface area contributed by atoms with Crippen LogP contribution in [0.1, 0.15) is 31.4 Å². The number of sulfonamides is 1. The van der Waals surface area contributed by atoms with Crippen LogP contribution in [0.2, 0.25) is 0 Å². The molecule has 0 bridgehead atoms. The molecule has 2 atom stereocenters. The van der Waals surface area contributed by atoms with E-state index in [4.69, 9.17) is 0 Å². The highest BCUT2D eigenvalue weighted by atomic mass is 32.2. The molecule has 1 saturated heterocycles. The van der Waals surface area contributed by atoms with E-state index in [1.54, 1.807) is 11.0 Å². The quantitative estimate of drug-likeness (QED) is 0.614. The minimum absolute atomic E-state index is 0.0285. The summed E-state index contributed by atoms with van der Waals surface area (Å²) >= 11 is 0. The van der Waals surface area contributed by atoms with Crippen LogP contribution in [0.3, 0.4) is 0 Å². The Bertz CT molecular complexity index is 1170. The van der Waals surface area contributed by atoms with Gasteiger partial charge in [-0.2, -0.15) is 9.40 Å². The summed E-state index contributed by atoms with van der Waals surface area (Å²) < 4.78 is 41.9. The molecule has 0 unspecified atom stereocenters. The molecule has 0 spiro atoms. The van der Waals surface area contributed by atoms with Gasteiger partial charge in [0, 0.05) is 13.1 Å². The summed E-state index contributed by atoms with van der Waals surface area (Å²) in [7, 11) is -3.78. The maximum absolute atomic E-state index is 13.2. The van der Waals surface area contributed by atoms with Crippen LogP contribution in [-0.4, -0.2) is 46.5 Å². The number of carbonyl (C=O) groups excluding carboxylic acids is 1. The Kier molecular flexibility index (Phi) is 6.33. The molecule has 0 saturated carbocycles. The molecule has 4 rings (SSSR count). The largest absolute Gasteiger partial charge is 0.349 e. The van der Waals surface area contributed by atoms with Gasteiger partial charge in [-0.25, -0.2) is 22.5 Å². The van der Waals surface area contributed by atoms with E-state index < -0.39 is 21.8 Å². The lowest BCUT2D eigenvalue weighted by molar-refractivity contribution is -0.126. The number of hydrogen-bond donors (Lipinski definition) is 1. The number of rotatable bonds is 6. The number of piperidine rings is 1. The third-order valence-electron chi connectivity index (χ3n) is 5.64. The van der Waals surface area contributed by atoms with Crippen molar-refractivity contribution in [2.45, 2.75) is 30.7 Å². The third-order valence-corrected chi connectivity index (χ3v) is 7.52. The van der Waals surface area contributed by atoms with Crippen molar-refractivity contribution in [2.75, 3.05) is 13.1 Å². The van der Waals surface area contributed by atoms with E-state index in [0.717, 1.165) is 23.4 Å². The van der Waals surface area contributed by atoms with E-state index in [2.05, 4.69) is 15.4 Å². The first kappa shape index (κ1) is 22.1.